The average Bonchev–Trinajstić information content (AvgIpc) is 3.19. The lowest BCUT2D eigenvalue weighted by atomic mass is 10.1. The quantitative estimate of drug-likeness (QED) is 0.370. The number of amides is 1. The summed E-state index contributed by atoms with van der Waals surface area (Å²) in [6.45, 7) is 0.895. The number of hydrogen-bond donors (Lipinski definition) is 1. The number of rotatable bonds is 7. The van der Waals surface area contributed by atoms with Crippen molar-refractivity contribution in [1.82, 2.24) is 9.78 Å². The highest BCUT2D eigenvalue weighted by atomic mass is 35.5. The molecule has 0 spiro atoms. The van der Waals surface area contributed by atoms with Crippen molar-refractivity contribution in [3.8, 4) is 5.75 Å². The number of anilines is 1. The van der Waals surface area contributed by atoms with Gasteiger partial charge in [0.1, 0.15) is 12.4 Å². The first-order valence-corrected chi connectivity index (χ1v) is 10.4. The molecule has 1 N–H and O–H groups in total. The van der Waals surface area contributed by atoms with E-state index in [0.717, 1.165) is 11.1 Å². The number of nitrogens with one attached hydrogen (secondary N) is 1. The van der Waals surface area contributed by atoms with Gasteiger partial charge in [0.15, 0.2) is 0 Å². The molecule has 0 unspecified atom stereocenters. The summed E-state index contributed by atoms with van der Waals surface area (Å²) in [6.07, 6.45) is 3.40. The fourth-order valence-corrected chi connectivity index (χ4v) is 3.46. The first kappa shape index (κ1) is 21.0. The summed E-state index contributed by atoms with van der Waals surface area (Å²) in [5, 5.41) is 8.47. The van der Waals surface area contributed by atoms with Gasteiger partial charge in [-0.05, 0) is 53.6 Å². The molecule has 156 valence electrons. The number of benzene rings is 3. The first-order chi connectivity index (χ1) is 15.0. The predicted molar refractivity (Wildman–Crippen MR) is 123 cm³/mol. The molecule has 0 saturated carbocycles. The van der Waals surface area contributed by atoms with Crippen LogP contribution in [0.3, 0.4) is 0 Å². The van der Waals surface area contributed by atoms with Crippen molar-refractivity contribution in [2.45, 2.75) is 13.2 Å². The van der Waals surface area contributed by atoms with Gasteiger partial charge in [-0.2, -0.15) is 5.10 Å². The van der Waals surface area contributed by atoms with Crippen LogP contribution in [0.1, 0.15) is 21.5 Å². The highest BCUT2D eigenvalue weighted by molar-refractivity contribution is 6.30. The summed E-state index contributed by atoms with van der Waals surface area (Å²) in [5.74, 6) is 0.460. The van der Waals surface area contributed by atoms with E-state index in [4.69, 9.17) is 27.9 Å². The van der Waals surface area contributed by atoms with Crippen LogP contribution in [0.5, 0.6) is 5.75 Å². The fourth-order valence-electron chi connectivity index (χ4n) is 3.07. The number of nitrogens with zero attached hydrogens (tertiary/aromatic N) is 2. The van der Waals surface area contributed by atoms with Crippen molar-refractivity contribution < 1.29 is 9.53 Å². The molecule has 31 heavy (non-hydrogen) atoms. The van der Waals surface area contributed by atoms with Crippen LogP contribution in [-0.2, 0) is 13.2 Å². The molecule has 1 heterocycles. The van der Waals surface area contributed by atoms with Gasteiger partial charge in [-0.15, -0.1) is 0 Å². The third-order valence-electron chi connectivity index (χ3n) is 4.52. The van der Waals surface area contributed by atoms with Gasteiger partial charge in [0.2, 0.25) is 0 Å². The van der Waals surface area contributed by atoms with Crippen molar-refractivity contribution in [2.75, 3.05) is 5.32 Å². The topological polar surface area (TPSA) is 56.2 Å². The minimum atomic E-state index is -0.216. The molecule has 1 amide bonds. The molecule has 1 aromatic heterocycles. The summed E-state index contributed by atoms with van der Waals surface area (Å²) in [4.78, 5) is 12.7. The molecular formula is C24H19Cl2N3O2. The van der Waals surface area contributed by atoms with Crippen LogP contribution in [0.15, 0.2) is 85.2 Å². The van der Waals surface area contributed by atoms with E-state index < -0.39 is 0 Å². The maximum Gasteiger partial charge on any atom is 0.255 e. The largest absolute Gasteiger partial charge is 0.489 e. The second kappa shape index (κ2) is 9.69. The van der Waals surface area contributed by atoms with Gasteiger partial charge in [-0.25, -0.2) is 0 Å². The SMILES string of the molecule is O=C(Nc1cnn(Cc2cccc(Cl)c2)c1)c1cccc(COc2cccc(Cl)c2)c1. The molecule has 0 fully saturated rings. The molecule has 0 atom stereocenters. The molecule has 0 saturated heterocycles. The minimum absolute atomic E-state index is 0.216. The Morgan fingerprint density at radius 2 is 1.68 bits per heavy atom. The van der Waals surface area contributed by atoms with Gasteiger partial charge in [0, 0.05) is 21.8 Å². The zero-order valence-electron chi connectivity index (χ0n) is 16.5. The monoisotopic (exact) mass is 451 g/mol. The lowest BCUT2D eigenvalue weighted by molar-refractivity contribution is 0.102. The smallest absolute Gasteiger partial charge is 0.255 e. The minimum Gasteiger partial charge on any atom is -0.489 e. The van der Waals surface area contributed by atoms with E-state index in [1.54, 1.807) is 41.3 Å². The van der Waals surface area contributed by atoms with Crippen LogP contribution in [0.4, 0.5) is 5.69 Å². The van der Waals surface area contributed by atoms with Crippen molar-refractivity contribution in [2.24, 2.45) is 0 Å². The van der Waals surface area contributed by atoms with Crippen molar-refractivity contribution in [3.63, 3.8) is 0 Å². The molecule has 4 rings (SSSR count). The van der Waals surface area contributed by atoms with E-state index in [1.807, 2.05) is 48.5 Å². The van der Waals surface area contributed by atoms with Crippen molar-refractivity contribution >= 4 is 34.8 Å². The summed E-state index contributed by atoms with van der Waals surface area (Å²) < 4.78 is 7.50. The van der Waals surface area contributed by atoms with Crippen LogP contribution >= 0.6 is 23.2 Å². The van der Waals surface area contributed by atoms with Gasteiger partial charge < -0.3 is 10.1 Å². The number of carbonyl (C=O) groups excluding carboxylic acids is 1. The molecule has 4 aromatic rings. The Balaban J connectivity index is 1.37. The van der Waals surface area contributed by atoms with E-state index in [0.29, 0.717) is 40.2 Å². The first-order valence-electron chi connectivity index (χ1n) is 9.61. The Labute approximate surface area is 190 Å². The number of halogens is 2. The number of ether oxygens (including phenoxy) is 1. The van der Waals surface area contributed by atoms with Crippen LogP contribution in [0.25, 0.3) is 0 Å². The molecule has 7 heteroatoms. The lowest BCUT2D eigenvalue weighted by Gasteiger charge is -2.08. The number of aromatic nitrogens is 2. The Kier molecular flexibility index (Phi) is 6.55. The van der Waals surface area contributed by atoms with Crippen LogP contribution in [0.2, 0.25) is 10.0 Å². The third kappa shape index (κ3) is 5.87. The Morgan fingerprint density at radius 1 is 0.935 bits per heavy atom. The van der Waals surface area contributed by atoms with Crippen LogP contribution < -0.4 is 10.1 Å². The van der Waals surface area contributed by atoms with E-state index in [-0.39, 0.29) is 5.91 Å². The molecule has 0 aliphatic rings. The zero-order chi connectivity index (χ0) is 21.6. The molecule has 3 aromatic carbocycles. The predicted octanol–water partition coefficient (Wildman–Crippen LogP) is 6.07. The van der Waals surface area contributed by atoms with Crippen LogP contribution in [0, 0.1) is 0 Å². The Morgan fingerprint density at radius 3 is 2.48 bits per heavy atom. The lowest BCUT2D eigenvalue weighted by Crippen LogP contribution is -2.12. The average molecular weight is 452 g/mol. The molecule has 0 aliphatic heterocycles. The van der Waals surface area contributed by atoms with Gasteiger partial charge in [-0.3, -0.25) is 9.48 Å². The number of carbonyl (C=O) groups is 1. The van der Waals surface area contributed by atoms with Crippen LogP contribution in [-0.4, -0.2) is 15.7 Å². The maximum atomic E-state index is 12.7. The van der Waals surface area contributed by atoms with Gasteiger partial charge in [0.25, 0.3) is 5.91 Å². The molecule has 0 bridgehead atoms. The van der Waals surface area contributed by atoms with E-state index in [2.05, 4.69) is 10.4 Å². The summed E-state index contributed by atoms with van der Waals surface area (Å²) in [5.41, 5.74) is 3.06. The highest BCUT2D eigenvalue weighted by Crippen LogP contribution is 2.19. The van der Waals surface area contributed by atoms with Gasteiger partial charge in [0.05, 0.1) is 18.4 Å². The zero-order valence-corrected chi connectivity index (χ0v) is 18.0. The highest BCUT2D eigenvalue weighted by Gasteiger charge is 2.09. The second-order valence-electron chi connectivity index (χ2n) is 6.96. The van der Waals surface area contributed by atoms with E-state index in [9.17, 15) is 4.79 Å². The van der Waals surface area contributed by atoms with E-state index >= 15 is 0 Å². The maximum absolute atomic E-state index is 12.7. The third-order valence-corrected chi connectivity index (χ3v) is 4.99. The van der Waals surface area contributed by atoms with Crippen molar-refractivity contribution in [1.29, 1.82) is 0 Å². The standard InChI is InChI=1S/C24H19Cl2N3O2/c25-20-7-2-4-17(11-20)14-29-15-22(13-27-29)28-24(30)19-6-1-5-18(10-19)16-31-23-9-3-8-21(26)12-23/h1-13,15H,14,16H2,(H,28,30). The van der Waals surface area contributed by atoms with Crippen molar-refractivity contribution in [3.05, 3.63) is 112 Å². The second-order valence-corrected chi connectivity index (χ2v) is 7.83. The molecular weight excluding hydrogens is 433 g/mol. The molecule has 0 radical (unpaired) electrons. The Hall–Kier alpha value is -3.28. The normalized spacial score (nSPS) is 10.6. The van der Waals surface area contributed by atoms with Gasteiger partial charge in [-0.1, -0.05) is 53.5 Å². The summed E-state index contributed by atoms with van der Waals surface area (Å²) >= 11 is 12.0. The summed E-state index contributed by atoms with van der Waals surface area (Å²) in [7, 11) is 0. The summed E-state index contributed by atoms with van der Waals surface area (Å²) in [6, 6.07) is 22.1. The fraction of sp³-hybridized carbons (Fsp3) is 0.0833. The number of hydrogen-bond acceptors (Lipinski definition) is 3. The molecule has 0 aliphatic carbocycles. The Bertz CT molecular complexity index is 1210. The van der Waals surface area contributed by atoms with E-state index in [1.165, 1.54) is 0 Å². The molecule has 5 nitrogen and oxygen atoms in total. The van der Waals surface area contributed by atoms with Gasteiger partial charge >= 0.3 is 0 Å².